The molecule has 1 heterocycles. The number of hydrogen-bond donors (Lipinski definition) is 0. The van der Waals surface area contributed by atoms with E-state index in [9.17, 15) is 0 Å². The minimum atomic E-state index is 1.14. The van der Waals surface area contributed by atoms with Gasteiger partial charge in [-0.1, -0.05) is 28.7 Å². The van der Waals surface area contributed by atoms with E-state index in [-0.39, 0.29) is 0 Å². The van der Waals surface area contributed by atoms with Crippen LogP contribution < -0.4 is 0 Å². The lowest BCUT2D eigenvalue weighted by Crippen LogP contribution is -2.32. The van der Waals surface area contributed by atoms with E-state index in [2.05, 4.69) is 49.4 Å². The molecular weight excluding hydrogens is 257 g/mol. The zero-order chi connectivity index (χ0) is 7.23. The standard InChI is InChI=1S/C7H12INS/c8-2-1-3-9-4-6-10-7-5-9/h1-2H,3-7H2/b2-1+. The zero-order valence-corrected chi connectivity index (χ0v) is 8.90. The molecule has 0 atom stereocenters. The van der Waals surface area contributed by atoms with Crippen molar-refractivity contribution < 1.29 is 0 Å². The van der Waals surface area contributed by atoms with E-state index in [1.807, 2.05) is 0 Å². The van der Waals surface area contributed by atoms with Gasteiger partial charge in [0.15, 0.2) is 0 Å². The van der Waals surface area contributed by atoms with Crippen LogP contribution in [0.25, 0.3) is 0 Å². The molecule has 0 N–H and O–H groups in total. The van der Waals surface area contributed by atoms with Crippen LogP contribution in [-0.2, 0) is 0 Å². The molecular formula is C7H12INS. The largest absolute Gasteiger partial charge is 0.298 e. The lowest BCUT2D eigenvalue weighted by Gasteiger charge is -2.24. The Hall–Kier alpha value is 0.780. The molecule has 3 heteroatoms. The van der Waals surface area contributed by atoms with E-state index in [0.717, 1.165) is 6.54 Å². The van der Waals surface area contributed by atoms with Crippen LogP contribution >= 0.6 is 34.4 Å². The third-order valence-electron chi connectivity index (χ3n) is 1.56. The van der Waals surface area contributed by atoms with E-state index in [0.29, 0.717) is 0 Å². The zero-order valence-electron chi connectivity index (χ0n) is 5.92. The van der Waals surface area contributed by atoms with Crippen LogP contribution in [0.4, 0.5) is 0 Å². The third-order valence-corrected chi connectivity index (χ3v) is 3.01. The second-order valence-electron chi connectivity index (χ2n) is 2.27. The highest BCUT2D eigenvalue weighted by molar-refractivity contribution is 14.1. The second-order valence-corrected chi connectivity index (χ2v) is 4.22. The van der Waals surface area contributed by atoms with Crippen LogP contribution in [0.15, 0.2) is 10.2 Å². The van der Waals surface area contributed by atoms with Gasteiger partial charge in [-0.2, -0.15) is 11.8 Å². The molecule has 0 aromatic heterocycles. The Labute approximate surface area is 80.4 Å². The highest BCUT2D eigenvalue weighted by Gasteiger charge is 2.07. The van der Waals surface area contributed by atoms with Crippen molar-refractivity contribution in [2.75, 3.05) is 31.1 Å². The molecule has 0 saturated carbocycles. The van der Waals surface area contributed by atoms with Crippen LogP contribution in [-0.4, -0.2) is 36.0 Å². The van der Waals surface area contributed by atoms with Gasteiger partial charge in [0.25, 0.3) is 0 Å². The van der Waals surface area contributed by atoms with Gasteiger partial charge in [0.1, 0.15) is 0 Å². The van der Waals surface area contributed by atoms with E-state index < -0.39 is 0 Å². The van der Waals surface area contributed by atoms with Gasteiger partial charge in [-0.15, -0.1) is 0 Å². The summed E-state index contributed by atoms with van der Waals surface area (Å²) in [5.41, 5.74) is 0. The van der Waals surface area contributed by atoms with Crippen molar-refractivity contribution >= 4 is 34.4 Å². The van der Waals surface area contributed by atoms with Crippen molar-refractivity contribution in [3.05, 3.63) is 10.2 Å². The average molecular weight is 269 g/mol. The van der Waals surface area contributed by atoms with E-state index in [1.54, 1.807) is 0 Å². The summed E-state index contributed by atoms with van der Waals surface area (Å²) in [4.78, 5) is 2.49. The van der Waals surface area contributed by atoms with Crippen molar-refractivity contribution in [1.29, 1.82) is 0 Å². The minimum Gasteiger partial charge on any atom is -0.298 e. The molecule has 10 heavy (non-hydrogen) atoms. The average Bonchev–Trinajstić information content (AvgIpc) is 2.03. The molecule has 0 aromatic rings. The maximum absolute atomic E-state index is 2.49. The molecule has 1 rings (SSSR count). The topological polar surface area (TPSA) is 3.24 Å². The Morgan fingerprint density at radius 2 is 2.10 bits per heavy atom. The summed E-state index contributed by atoms with van der Waals surface area (Å²) in [6.45, 7) is 3.68. The number of hydrogen-bond acceptors (Lipinski definition) is 2. The Bertz CT molecular complexity index is 110. The fourth-order valence-corrected chi connectivity index (χ4v) is 2.18. The van der Waals surface area contributed by atoms with Crippen LogP contribution in [0.5, 0.6) is 0 Å². The summed E-state index contributed by atoms with van der Waals surface area (Å²) >= 11 is 4.34. The molecule has 0 bridgehead atoms. The summed E-state index contributed by atoms with van der Waals surface area (Å²) in [6.07, 6.45) is 2.22. The molecule has 0 unspecified atom stereocenters. The fourth-order valence-electron chi connectivity index (χ4n) is 0.973. The summed E-state index contributed by atoms with van der Waals surface area (Å²) in [7, 11) is 0. The summed E-state index contributed by atoms with van der Waals surface area (Å²) in [5.74, 6) is 2.63. The first-order chi connectivity index (χ1) is 4.93. The van der Waals surface area contributed by atoms with Gasteiger partial charge < -0.3 is 0 Å². The van der Waals surface area contributed by atoms with Crippen molar-refractivity contribution in [1.82, 2.24) is 4.90 Å². The van der Waals surface area contributed by atoms with E-state index in [4.69, 9.17) is 0 Å². The number of rotatable bonds is 2. The van der Waals surface area contributed by atoms with E-state index >= 15 is 0 Å². The molecule has 1 fully saturated rings. The lowest BCUT2D eigenvalue weighted by molar-refractivity contribution is 0.336. The normalized spacial score (nSPS) is 22.1. The van der Waals surface area contributed by atoms with Crippen molar-refractivity contribution in [3.63, 3.8) is 0 Å². The SMILES string of the molecule is I/C=C/CN1CCSCC1. The molecule has 58 valence electrons. The van der Waals surface area contributed by atoms with Crippen molar-refractivity contribution in [3.8, 4) is 0 Å². The molecule has 0 aromatic carbocycles. The van der Waals surface area contributed by atoms with Gasteiger partial charge in [-0.3, -0.25) is 4.90 Å². The molecule has 0 spiro atoms. The third kappa shape index (κ3) is 3.25. The van der Waals surface area contributed by atoms with Crippen molar-refractivity contribution in [2.45, 2.75) is 0 Å². The van der Waals surface area contributed by atoms with Crippen LogP contribution in [0.1, 0.15) is 0 Å². The molecule has 0 amide bonds. The summed E-state index contributed by atoms with van der Waals surface area (Å²) < 4.78 is 2.10. The predicted molar refractivity (Wildman–Crippen MR) is 56.9 cm³/mol. The molecule has 1 aliphatic rings. The number of thioether (sulfide) groups is 1. The molecule has 0 aliphatic carbocycles. The highest BCUT2D eigenvalue weighted by Crippen LogP contribution is 2.08. The second kappa shape index (κ2) is 5.43. The van der Waals surface area contributed by atoms with Gasteiger partial charge in [0.05, 0.1) is 0 Å². The molecule has 1 nitrogen and oxygen atoms in total. The van der Waals surface area contributed by atoms with Crippen molar-refractivity contribution in [2.24, 2.45) is 0 Å². The van der Waals surface area contributed by atoms with Gasteiger partial charge in [0, 0.05) is 31.1 Å². The van der Waals surface area contributed by atoms with Crippen LogP contribution in [0.2, 0.25) is 0 Å². The first kappa shape index (κ1) is 8.87. The van der Waals surface area contributed by atoms with Gasteiger partial charge in [-0.05, 0) is 4.08 Å². The van der Waals surface area contributed by atoms with Crippen LogP contribution in [0.3, 0.4) is 0 Å². The maximum atomic E-state index is 2.49. The molecule has 1 aliphatic heterocycles. The summed E-state index contributed by atoms with van der Waals surface area (Å²) in [5, 5.41) is 0. The van der Waals surface area contributed by atoms with E-state index in [1.165, 1.54) is 24.6 Å². The Kier molecular flexibility index (Phi) is 4.82. The quantitative estimate of drug-likeness (QED) is 0.705. The first-order valence-corrected chi connectivity index (χ1v) is 5.89. The highest BCUT2D eigenvalue weighted by atomic mass is 127. The Morgan fingerprint density at radius 3 is 2.70 bits per heavy atom. The fraction of sp³-hybridized carbons (Fsp3) is 0.714. The Morgan fingerprint density at radius 1 is 1.40 bits per heavy atom. The van der Waals surface area contributed by atoms with Gasteiger partial charge in [-0.25, -0.2) is 0 Å². The molecule has 1 saturated heterocycles. The summed E-state index contributed by atoms with van der Waals surface area (Å²) in [6, 6.07) is 0. The number of halogens is 1. The molecule has 0 radical (unpaired) electrons. The van der Waals surface area contributed by atoms with Gasteiger partial charge in [0.2, 0.25) is 0 Å². The predicted octanol–water partition coefficient (Wildman–Crippen LogP) is 1.98. The van der Waals surface area contributed by atoms with Crippen LogP contribution in [0, 0.1) is 0 Å². The van der Waals surface area contributed by atoms with Gasteiger partial charge >= 0.3 is 0 Å². The Balaban J connectivity index is 2.13. The smallest absolute Gasteiger partial charge is 0.0171 e. The first-order valence-electron chi connectivity index (χ1n) is 3.49. The number of nitrogens with zero attached hydrogens (tertiary/aromatic N) is 1. The maximum Gasteiger partial charge on any atom is 0.0171 e. The minimum absolute atomic E-state index is 1.14. The lowest BCUT2D eigenvalue weighted by atomic mass is 10.4. The monoisotopic (exact) mass is 269 g/mol.